The zero-order chi connectivity index (χ0) is 11.7. The molecule has 0 aliphatic heterocycles. The summed E-state index contributed by atoms with van der Waals surface area (Å²) in [6.07, 6.45) is 0. The molecule has 16 heavy (non-hydrogen) atoms. The molecule has 2 aromatic rings. The van der Waals surface area contributed by atoms with Gasteiger partial charge in [-0.3, -0.25) is 4.79 Å². The fraction of sp³-hybridized carbons (Fsp3) is 0. The van der Waals surface area contributed by atoms with Crippen LogP contribution >= 0.6 is 11.6 Å². The van der Waals surface area contributed by atoms with Crippen molar-refractivity contribution in [3.8, 4) is 11.3 Å². The van der Waals surface area contributed by atoms with E-state index in [2.05, 4.69) is 4.98 Å². The lowest BCUT2D eigenvalue weighted by Gasteiger charge is -2.05. The highest BCUT2D eigenvalue weighted by Crippen LogP contribution is 2.25. The van der Waals surface area contributed by atoms with E-state index in [-0.39, 0.29) is 10.7 Å². The number of benzene rings is 1. The van der Waals surface area contributed by atoms with Gasteiger partial charge < -0.3 is 10.7 Å². The summed E-state index contributed by atoms with van der Waals surface area (Å²) in [7, 11) is 0. The Bertz CT molecular complexity index is 595. The SMILES string of the molecule is Nc1cc(Cl)c(-c2cccc(F)c2)[nH]c1=O. The lowest BCUT2D eigenvalue weighted by atomic mass is 10.1. The van der Waals surface area contributed by atoms with Gasteiger partial charge in [-0.2, -0.15) is 0 Å². The van der Waals surface area contributed by atoms with Crippen LogP contribution < -0.4 is 11.3 Å². The highest BCUT2D eigenvalue weighted by Gasteiger charge is 2.07. The van der Waals surface area contributed by atoms with Gasteiger partial charge in [-0.1, -0.05) is 23.7 Å². The summed E-state index contributed by atoms with van der Waals surface area (Å²) in [5, 5.41) is 0.280. The van der Waals surface area contributed by atoms with Crippen molar-refractivity contribution in [1.29, 1.82) is 0 Å². The van der Waals surface area contributed by atoms with Gasteiger partial charge in [0, 0.05) is 5.56 Å². The van der Waals surface area contributed by atoms with E-state index in [1.807, 2.05) is 0 Å². The second-order valence-electron chi connectivity index (χ2n) is 3.29. The number of hydrogen-bond acceptors (Lipinski definition) is 2. The molecule has 3 N–H and O–H groups in total. The number of aromatic nitrogens is 1. The van der Waals surface area contributed by atoms with Crippen LogP contribution in [0.4, 0.5) is 10.1 Å². The van der Waals surface area contributed by atoms with Gasteiger partial charge in [0.05, 0.1) is 16.4 Å². The number of nitrogens with one attached hydrogen (secondary N) is 1. The molecule has 3 nitrogen and oxygen atoms in total. The van der Waals surface area contributed by atoms with Crippen molar-refractivity contribution in [3.05, 3.63) is 51.5 Å². The average molecular weight is 239 g/mol. The standard InChI is InChI=1S/C11H8ClFN2O/c12-8-5-9(14)11(16)15-10(8)6-2-1-3-7(13)4-6/h1-5H,14H2,(H,15,16). The average Bonchev–Trinajstić information content (AvgIpc) is 2.23. The molecule has 0 spiro atoms. The maximum absolute atomic E-state index is 13.0. The van der Waals surface area contributed by atoms with E-state index in [0.717, 1.165) is 0 Å². The first-order chi connectivity index (χ1) is 7.58. The lowest BCUT2D eigenvalue weighted by Crippen LogP contribution is -2.12. The van der Waals surface area contributed by atoms with Crippen molar-refractivity contribution in [1.82, 2.24) is 4.98 Å². The largest absolute Gasteiger partial charge is 0.394 e. The van der Waals surface area contributed by atoms with E-state index in [4.69, 9.17) is 17.3 Å². The van der Waals surface area contributed by atoms with Crippen LogP contribution in [-0.4, -0.2) is 4.98 Å². The number of nitrogens with two attached hydrogens (primary N) is 1. The Balaban J connectivity index is 2.65. The number of aromatic amines is 1. The number of halogens is 2. The van der Waals surface area contributed by atoms with Gasteiger partial charge in [-0.15, -0.1) is 0 Å². The van der Waals surface area contributed by atoms with Crippen LogP contribution in [0.5, 0.6) is 0 Å². The molecule has 1 aromatic heterocycles. The number of hydrogen-bond donors (Lipinski definition) is 2. The van der Waals surface area contributed by atoms with Gasteiger partial charge in [0.2, 0.25) is 0 Å². The molecule has 0 atom stereocenters. The molecule has 0 bridgehead atoms. The van der Waals surface area contributed by atoms with Gasteiger partial charge in [-0.05, 0) is 18.2 Å². The first-order valence-corrected chi connectivity index (χ1v) is 4.90. The summed E-state index contributed by atoms with van der Waals surface area (Å²) in [6, 6.07) is 7.13. The third-order valence-corrected chi connectivity index (χ3v) is 2.43. The van der Waals surface area contributed by atoms with Crippen molar-refractivity contribution >= 4 is 17.3 Å². The minimum absolute atomic E-state index is 0.0325. The van der Waals surface area contributed by atoms with Crippen LogP contribution in [0, 0.1) is 5.82 Å². The first-order valence-electron chi connectivity index (χ1n) is 4.52. The zero-order valence-electron chi connectivity index (χ0n) is 8.13. The topological polar surface area (TPSA) is 58.9 Å². The van der Waals surface area contributed by atoms with Crippen LogP contribution in [0.25, 0.3) is 11.3 Å². The summed E-state index contributed by atoms with van der Waals surface area (Å²) < 4.78 is 13.0. The van der Waals surface area contributed by atoms with Crippen molar-refractivity contribution < 1.29 is 4.39 Å². The first kappa shape index (κ1) is 10.7. The van der Waals surface area contributed by atoms with Crippen molar-refractivity contribution in [3.63, 3.8) is 0 Å². The van der Waals surface area contributed by atoms with Gasteiger partial charge in [0.15, 0.2) is 0 Å². The number of pyridine rings is 1. The Morgan fingerprint density at radius 3 is 2.75 bits per heavy atom. The lowest BCUT2D eigenvalue weighted by molar-refractivity contribution is 0.628. The van der Waals surface area contributed by atoms with Gasteiger partial charge in [0.1, 0.15) is 5.82 Å². The fourth-order valence-corrected chi connectivity index (χ4v) is 1.65. The van der Waals surface area contributed by atoms with Crippen LogP contribution in [0.15, 0.2) is 35.1 Å². The number of anilines is 1. The summed E-state index contributed by atoms with van der Waals surface area (Å²) in [5.74, 6) is -0.397. The smallest absolute Gasteiger partial charge is 0.271 e. The predicted octanol–water partition coefficient (Wildman–Crippen LogP) is 2.42. The monoisotopic (exact) mass is 238 g/mol. The van der Waals surface area contributed by atoms with Gasteiger partial charge >= 0.3 is 0 Å². The summed E-state index contributed by atoms with van der Waals surface area (Å²) >= 11 is 5.92. The number of nitrogen functional groups attached to an aromatic ring is 1. The Hall–Kier alpha value is -1.81. The molecule has 1 aromatic carbocycles. The minimum atomic E-state index is -0.441. The Morgan fingerprint density at radius 1 is 1.31 bits per heavy atom. The van der Waals surface area contributed by atoms with Crippen LogP contribution in [0.2, 0.25) is 5.02 Å². The molecule has 0 fully saturated rings. The molecular formula is C11H8ClFN2O. The summed E-state index contributed by atoms with van der Waals surface area (Å²) in [4.78, 5) is 13.8. The normalized spacial score (nSPS) is 10.4. The molecule has 5 heteroatoms. The molecule has 0 unspecified atom stereocenters. The highest BCUT2D eigenvalue weighted by atomic mass is 35.5. The third kappa shape index (κ3) is 1.92. The van der Waals surface area contributed by atoms with Gasteiger partial charge in [0.25, 0.3) is 5.56 Å². The third-order valence-electron chi connectivity index (χ3n) is 2.14. The van der Waals surface area contributed by atoms with Crippen molar-refractivity contribution in [2.45, 2.75) is 0 Å². The van der Waals surface area contributed by atoms with E-state index in [1.54, 1.807) is 6.07 Å². The maximum Gasteiger partial charge on any atom is 0.271 e. The minimum Gasteiger partial charge on any atom is -0.394 e. The Kier molecular flexibility index (Phi) is 2.66. The number of rotatable bonds is 1. The number of H-pyrrole nitrogens is 1. The molecule has 0 saturated heterocycles. The zero-order valence-corrected chi connectivity index (χ0v) is 8.88. The van der Waals surface area contributed by atoms with Crippen molar-refractivity contribution in [2.24, 2.45) is 0 Å². The molecule has 1 heterocycles. The fourth-order valence-electron chi connectivity index (χ4n) is 1.37. The summed E-state index contributed by atoms with van der Waals surface area (Å²) in [5.41, 5.74) is 5.85. The Morgan fingerprint density at radius 2 is 2.06 bits per heavy atom. The van der Waals surface area contributed by atoms with Crippen molar-refractivity contribution in [2.75, 3.05) is 5.73 Å². The van der Waals surface area contributed by atoms with Crippen LogP contribution in [0.1, 0.15) is 0 Å². The predicted molar refractivity (Wildman–Crippen MR) is 61.9 cm³/mol. The maximum atomic E-state index is 13.0. The second-order valence-corrected chi connectivity index (χ2v) is 3.69. The highest BCUT2D eigenvalue weighted by molar-refractivity contribution is 6.33. The molecule has 0 radical (unpaired) electrons. The molecule has 2 rings (SSSR count). The Labute approximate surface area is 95.7 Å². The van der Waals surface area contributed by atoms with Crippen LogP contribution in [0.3, 0.4) is 0 Å². The molecule has 0 aliphatic rings. The second kappa shape index (κ2) is 3.98. The molecule has 0 saturated carbocycles. The van der Waals surface area contributed by atoms with Gasteiger partial charge in [-0.25, -0.2) is 4.39 Å². The van der Waals surface area contributed by atoms with E-state index in [1.165, 1.54) is 24.3 Å². The van der Waals surface area contributed by atoms with E-state index in [9.17, 15) is 9.18 Å². The summed E-state index contributed by atoms with van der Waals surface area (Å²) in [6.45, 7) is 0. The van der Waals surface area contributed by atoms with E-state index < -0.39 is 11.4 Å². The quantitative estimate of drug-likeness (QED) is 0.802. The molecule has 82 valence electrons. The molecule has 0 aliphatic carbocycles. The van der Waals surface area contributed by atoms with E-state index >= 15 is 0 Å². The molecular weight excluding hydrogens is 231 g/mol. The van der Waals surface area contributed by atoms with E-state index in [0.29, 0.717) is 11.3 Å². The molecule has 0 amide bonds. The van der Waals surface area contributed by atoms with Crippen LogP contribution in [-0.2, 0) is 0 Å².